The fourth-order valence-electron chi connectivity index (χ4n) is 1.55. The fourth-order valence-corrected chi connectivity index (χ4v) is 2.18. The van der Waals surface area contributed by atoms with Gasteiger partial charge in [0, 0.05) is 17.3 Å². The molecule has 1 aromatic carbocycles. The zero-order valence-electron chi connectivity index (χ0n) is 7.41. The van der Waals surface area contributed by atoms with Gasteiger partial charge in [-0.15, -0.1) is 0 Å². The number of hydrogen-bond acceptors (Lipinski definition) is 1. The predicted octanol–water partition coefficient (Wildman–Crippen LogP) is 2.84. The third kappa shape index (κ3) is 1.79. The summed E-state index contributed by atoms with van der Waals surface area (Å²) in [5.41, 5.74) is 0.879. The van der Waals surface area contributed by atoms with Crippen molar-refractivity contribution < 1.29 is 4.79 Å². The smallest absolute Gasteiger partial charge is 0.240 e. The summed E-state index contributed by atoms with van der Waals surface area (Å²) >= 11 is 9.19. The molecule has 0 spiro atoms. The van der Waals surface area contributed by atoms with Gasteiger partial charge in [0.15, 0.2) is 0 Å². The number of rotatable bonds is 1. The summed E-state index contributed by atoms with van der Waals surface area (Å²) in [5.74, 6) is 0.118. The van der Waals surface area contributed by atoms with Crippen LogP contribution in [0.25, 0.3) is 0 Å². The number of hydrogen-bond donors (Lipinski definition) is 0. The van der Waals surface area contributed by atoms with E-state index in [1.54, 1.807) is 11.0 Å². The summed E-state index contributed by atoms with van der Waals surface area (Å²) < 4.78 is 0. The Hall–Kier alpha value is -0.540. The van der Waals surface area contributed by atoms with Gasteiger partial charge in [-0.25, -0.2) is 0 Å². The number of carbonyl (C=O) groups is 1. The summed E-state index contributed by atoms with van der Waals surface area (Å²) in [6, 6.07) is 7.36. The summed E-state index contributed by atoms with van der Waals surface area (Å²) in [6.07, 6.45) is 0.853. The molecule has 1 saturated heterocycles. The van der Waals surface area contributed by atoms with E-state index in [9.17, 15) is 4.79 Å². The summed E-state index contributed by atoms with van der Waals surface area (Å²) in [5, 5.41) is 0.660. The second-order valence-corrected chi connectivity index (χ2v) is 4.77. The van der Waals surface area contributed by atoms with Gasteiger partial charge in [-0.05, 0) is 24.6 Å². The zero-order chi connectivity index (χ0) is 10.1. The van der Waals surface area contributed by atoms with Crippen LogP contribution in [0.5, 0.6) is 0 Å². The standard InChI is InChI=1S/C10H9BrClNO/c11-9-4-5-13(10(9)14)8-3-1-2-7(12)6-8/h1-3,6,9H,4-5H2/t9-/m0/s1. The molecular weight excluding hydrogens is 265 g/mol. The van der Waals surface area contributed by atoms with Gasteiger partial charge in [-0.1, -0.05) is 33.6 Å². The van der Waals surface area contributed by atoms with E-state index in [-0.39, 0.29) is 10.7 Å². The molecule has 1 aromatic rings. The number of anilines is 1. The Morgan fingerprint density at radius 2 is 2.29 bits per heavy atom. The van der Waals surface area contributed by atoms with Crippen LogP contribution < -0.4 is 4.90 Å². The number of amides is 1. The lowest BCUT2D eigenvalue weighted by Gasteiger charge is -2.15. The molecule has 74 valence electrons. The Morgan fingerprint density at radius 3 is 2.86 bits per heavy atom. The predicted molar refractivity (Wildman–Crippen MR) is 61.1 cm³/mol. The molecule has 0 aromatic heterocycles. The lowest BCUT2D eigenvalue weighted by molar-refractivity contribution is -0.116. The number of benzene rings is 1. The summed E-state index contributed by atoms with van der Waals surface area (Å²) in [4.78, 5) is 13.4. The van der Waals surface area contributed by atoms with Crippen LogP contribution in [-0.4, -0.2) is 17.3 Å². The topological polar surface area (TPSA) is 20.3 Å². The van der Waals surface area contributed by atoms with E-state index in [4.69, 9.17) is 11.6 Å². The Kier molecular flexibility index (Phi) is 2.79. The molecule has 2 rings (SSSR count). The summed E-state index contributed by atoms with van der Waals surface area (Å²) in [7, 11) is 0. The van der Waals surface area contributed by atoms with E-state index >= 15 is 0 Å². The lowest BCUT2D eigenvalue weighted by Crippen LogP contribution is -2.26. The van der Waals surface area contributed by atoms with Gasteiger partial charge in [-0.2, -0.15) is 0 Å². The third-order valence-electron chi connectivity index (χ3n) is 2.26. The minimum atomic E-state index is -0.0403. The molecule has 1 aliphatic rings. The molecule has 4 heteroatoms. The molecule has 1 aliphatic heterocycles. The maximum absolute atomic E-state index is 11.7. The van der Waals surface area contributed by atoms with Gasteiger partial charge < -0.3 is 4.90 Å². The van der Waals surface area contributed by atoms with Gasteiger partial charge in [0.1, 0.15) is 0 Å². The normalized spacial score (nSPS) is 21.7. The molecular formula is C10H9BrClNO. The Morgan fingerprint density at radius 1 is 1.50 bits per heavy atom. The quantitative estimate of drug-likeness (QED) is 0.721. The van der Waals surface area contributed by atoms with Crippen molar-refractivity contribution in [3.8, 4) is 0 Å². The van der Waals surface area contributed by atoms with Crippen LogP contribution in [0.2, 0.25) is 5.02 Å². The molecule has 0 N–H and O–H groups in total. The first-order chi connectivity index (χ1) is 6.68. The number of nitrogens with zero attached hydrogens (tertiary/aromatic N) is 1. The molecule has 0 aliphatic carbocycles. The molecule has 0 bridgehead atoms. The minimum Gasteiger partial charge on any atom is -0.311 e. The first-order valence-electron chi connectivity index (χ1n) is 4.39. The van der Waals surface area contributed by atoms with Crippen molar-refractivity contribution in [1.82, 2.24) is 0 Å². The molecule has 0 unspecified atom stereocenters. The van der Waals surface area contributed by atoms with Crippen molar-refractivity contribution in [3.05, 3.63) is 29.3 Å². The van der Waals surface area contributed by atoms with Gasteiger partial charge in [0.05, 0.1) is 4.83 Å². The largest absolute Gasteiger partial charge is 0.311 e. The van der Waals surface area contributed by atoms with Gasteiger partial charge >= 0.3 is 0 Å². The van der Waals surface area contributed by atoms with Crippen molar-refractivity contribution in [3.63, 3.8) is 0 Å². The van der Waals surface area contributed by atoms with E-state index in [1.807, 2.05) is 18.2 Å². The monoisotopic (exact) mass is 273 g/mol. The molecule has 1 fully saturated rings. The summed E-state index contributed by atoms with van der Waals surface area (Å²) in [6.45, 7) is 0.759. The van der Waals surface area contributed by atoms with Crippen LogP contribution in [0.4, 0.5) is 5.69 Å². The van der Waals surface area contributed by atoms with Gasteiger partial charge in [0.25, 0.3) is 0 Å². The van der Waals surface area contributed by atoms with Crippen LogP contribution in [0.3, 0.4) is 0 Å². The van der Waals surface area contributed by atoms with Crippen LogP contribution in [0, 0.1) is 0 Å². The molecule has 14 heavy (non-hydrogen) atoms. The number of alkyl halides is 1. The lowest BCUT2D eigenvalue weighted by atomic mass is 10.3. The third-order valence-corrected chi connectivity index (χ3v) is 3.34. The van der Waals surface area contributed by atoms with Crippen LogP contribution >= 0.6 is 27.5 Å². The average molecular weight is 275 g/mol. The average Bonchev–Trinajstić information content (AvgIpc) is 2.48. The SMILES string of the molecule is O=C1[C@@H](Br)CCN1c1cccc(Cl)c1. The van der Waals surface area contributed by atoms with Crippen molar-refractivity contribution in [2.75, 3.05) is 11.4 Å². The first-order valence-corrected chi connectivity index (χ1v) is 5.69. The second-order valence-electron chi connectivity index (χ2n) is 3.23. The van der Waals surface area contributed by atoms with E-state index in [2.05, 4.69) is 15.9 Å². The maximum atomic E-state index is 11.7. The van der Waals surface area contributed by atoms with Crippen LogP contribution in [0.1, 0.15) is 6.42 Å². The van der Waals surface area contributed by atoms with E-state index in [0.717, 1.165) is 18.7 Å². The molecule has 0 radical (unpaired) electrons. The van der Waals surface area contributed by atoms with Crippen molar-refractivity contribution in [1.29, 1.82) is 0 Å². The van der Waals surface area contributed by atoms with Gasteiger partial charge in [-0.3, -0.25) is 4.79 Å². The highest BCUT2D eigenvalue weighted by molar-refractivity contribution is 9.10. The molecule has 0 saturated carbocycles. The Bertz CT molecular complexity index is 369. The van der Waals surface area contributed by atoms with Crippen LogP contribution in [-0.2, 0) is 4.79 Å². The molecule has 1 heterocycles. The zero-order valence-corrected chi connectivity index (χ0v) is 9.75. The highest BCUT2D eigenvalue weighted by Crippen LogP contribution is 2.26. The minimum absolute atomic E-state index is 0.0403. The van der Waals surface area contributed by atoms with E-state index < -0.39 is 0 Å². The highest BCUT2D eigenvalue weighted by Gasteiger charge is 2.30. The Labute approximate surface area is 96.0 Å². The maximum Gasteiger partial charge on any atom is 0.240 e. The van der Waals surface area contributed by atoms with Gasteiger partial charge in [0.2, 0.25) is 5.91 Å². The van der Waals surface area contributed by atoms with Crippen molar-refractivity contribution in [2.45, 2.75) is 11.2 Å². The van der Waals surface area contributed by atoms with E-state index in [1.165, 1.54) is 0 Å². The van der Waals surface area contributed by atoms with Crippen molar-refractivity contribution in [2.24, 2.45) is 0 Å². The number of carbonyl (C=O) groups excluding carboxylic acids is 1. The van der Waals surface area contributed by atoms with Crippen LogP contribution in [0.15, 0.2) is 24.3 Å². The van der Waals surface area contributed by atoms with E-state index in [0.29, 0.717) is 5.02 Å². The Balaban J connectivity index is 2.28. The fraction of sp³-hybridized carbons (Fsp3) is 0.300. The first kappa shape index (κ1) is 9.99. The molecule has 1 amide bonds. The molecule has 2 nitrogen and oxygen atoms in total. The molecule has 1 atom stereocenters. The second kappa shape index (κ2) is 3.91. The number of halogens is 2. The highest BCUT2D eigenvalue weighted by atomic mass is 79.9. The van der Waals surface area contributed by atoms with Crippen molar-refractivity contribution >= 4 is 39.1 Å².